The zero-order chi connectivity index (χ0) is 15.1. The molecule has 0 saturated heterocycles. The third-order valence-corrected chi connectivity index (χ3v) is 3.11. The van der Waals surface area contributed by atoms with Crippen LogP contribution in [0.1, 0.15) is 17.4 Å². The van der Waals surface area contributed by atoms with E-state index in [9.17, 15) is 22.7 Å². The number of benzene rings is 2. The fraction of sp³-hybridized carbons (Fsp3) is 0.0667. The smallest absolute Gasteiger partial charge is 0.194 e. The Morgan fingerprint density at radius 3 is 2.19 bits per heavy atom. The van der Waals surface area contributed by atoms with Crippen LogP contribution in [0.4, 0.5) is 17.6 Å². The van der Waals surface area contributed by atoms with E-state index >= 15 is 0 Å². The van der Waals surface area contributed by atoms with Crippen molar-refractivity contribution in [2.75, 3.05) is 0 Å². The van der Waals surface area contributed by atoms with Crippen molar-refractivity contribution >= 4 is 11.0 Å². The summed E-state index contributed by atoms with van der Waals surface area (Å²) in [5.74, 6) is -5.19. The normalized spacial score (nSPS) is 12.8. The molecule has 1 atom stereocenters. The Labute approximate surface area is 116 Å². The van der Waals surface area contributed by atoms with Crippen LogP contribution in [-0.4, -0.2) is 5.11 Å². The molecule has 2 aromatic carbocycles. The molecule has 0 radical (unpaired) electrons. The van der Waals surface area contributed by atoms with Crippen LogP contribution < -0.4 is 0 Å². The SMILES string of the molecule is OC(c1cc(F)c(F)c(F)c1)c1cc2cccc(F)c2o1. The Bertz CT molecular complexity index is 803. The van der Waals surface area contributed by atoms with Crippen LogP contribution in [0.2, 0.25) is 0 Å². The van der Waals surface area contributed by atoms with Gasteiger partial charge in [0.15, 0.2) is 28.9 Å². The van der Waals surface area contributed by atoms with Gasteiger partial charge in [-0.2, -0.15) is 0 Å². The maximum atomic E-state index is 13.5. The van der Waals surface area contributed by atoms with Crippen LogP contribution in [0.5, 0.6) is 0 Å². The van der Waals surface area contributed by atoms with Gasteiger partial charge in [-0.05, 0) is 29.8 Å². The Morgan fingerprint density at radius 2 is 1.57 bits per heavy atom. The second-order valence-corrected chi connectivity index (χ2v) is 4.51. The standard InChI is InChI=1S/C15H8F4O2/c16-9-3-1-2-7-6-12(21-15(7)9)14(20)8-4-10(17)13(19)11(18)5-8/h1-6,14,20H. The maximum absolute atomic E-state index is 13.5. The summed E-state index contributed by atoms with van der Waals surface area (Å²) in [6.45, 7) is 0. The molecule has 1 unspecified atom stereocenters. The Balaban J connectivity index is 2.08. The highest BCUT2D eigenvalue weighted by Crippen LogP contribution is 2.30. The van der Waals surface area contributed by atoms with Gasteiger partial charge in [0.1, 0.15) is 11.9 Å². The van der Waals surface area contributed by atoms with Crippen LogP contribution in [0.15, 0.2) is 40.8 Å². The van der Waals surface area contributed by atoms with Gasteiger partial charge in [0, 0.05) is 5.39 Å². The minimum atomic E-state index is -1.62. The average molecular weight is 296 g/mol. The Morgan fingerprint density at radius 1 is 0.905 bits per heavy atom. The maximum Gasteiger partial charge on any atom is 0.194 e. The van der Waals surface area contributed by atoms with Gasteiger partial charge >= 0.3 is 0 Å². The summed E-state index contributed by atoms with van der Waals surface area (Å²) in [7, 11) is 0. The third-order valence-electron chi connectivity index (χ3n) is 3.11. The molecule has 1 N–H and O–H groups in total. The molecule has 0 spiro atoms. The zero-order valence-electron chi connectivity index (χ0n) is 10.4. The Hall–Kier alpha value is -2.34. The number of halogens is 4. The highest BCUT2D eigenvalue weighted by atomic mass is 19.2. The van der Waals surface area contributed by atoms with E-state index in [1.54, 1.807) is 6.07 Å². The van der Waals surface area contributed by atoms with E-state index in [0.717, 1.165) is 0 Å². The third kappa shape index (κ3) is 2.27. The lowest BCUT2D eigenvalue weighted by Gasteiger charge is -2.08. The second-order valence-electron chi connectivity index (χ2n) is 4.51. The predicted octanol–water partition coefficient (Wildman–Crippen LogP) is 4.07. The van der Waals surface area contributed by atoms with E-state index in [4.69, 9.17) is 4.42 Å². The van der Waals surface area contributed by atoms with Crippen molar-refractivity contribution in [1.29, 1.82) is 0 Å². The number of hydrogen-bond donors (Lipinski definition) is 1. The molecule has 0 aliphatic carbocycles. The summed E-state index contributed by atoms with van der Waals surface area (Å²) in [5.41, 5.74) is -0.305. The number of fused-ring (bicyclic) bond motifs is 1. The molecule has 1 heterocycles. The van der Waals surface area contributed by atoms with Gasteiger partial charge in [0.05, 0.1) is 0 Å². The summed E-state index contributed by atoms with van der Waals surface area (Å²) in [6, 6.07) is 6.87. The summed E-state index contributed by atoms with van der Waals surface area (Å²) < 4.78 is 57.9. The fourth-order valence-electron chi connectivity index (χ4n) is 2.08. The van der Waals surface area contributed by atoms with Crippen molar-refractivity contribution in [3.8, 4) is 0 Å². The lowest BCUT2D eigenvalue weighted by atomic mass is 10.1. The molecule has 0 saturated carbocycles. The molecular weight excluding hydrogens is 288 g/mol. The van der Waals surface area contributed by atoms with Crippen LogP contribution in [-0.2, 0) is 0 Å². The van der Waals surface area contributed by atoms with E-state index in [1.807, 2.05) is 0 Å². The van der Waals surface area contributed by atoms with E-state index in [2.05, 4.69) is 0 Å². The first-order valence-electron chi connectivity index (χ1n) is 5.98. The molecule has 0 aliphatic rings. The van der Waals surface area contributed by atoms with Gasteiger partial charge in [-0.15, -0.1) is 0 Å². The van der Waals surface area contributed by atoms with Crippen LogP contribution in [0.3, 0.4) is 0 Å². The molecule has 3 rings (SSSR count). The van der Waals surface area contributed by atoms with Crippen molar-refractivity contribution in [3.05, 3.63) is 71.0 Å². The molecule has 0 amide bonds. The van der Waals surface area contributed by atoms with Crippen LogP contribution in [0.25, 0.3) is 11.0 Å². The summed E-state index contributed by atoms with van der Waals surface area (Å²) >= 11 is 0. The number of aliphatic hydroxyl groups excluding tert-OH is 1. The van der Waals surface area contributed by atoms with Gasteiger partial charge in [-0.3, -0.25) is 0 Å². The average Bonchev–Trinajstić information content (AvgIpc) is 2.89. The molecule has 2 nitrogen and oxygen atoms in total. The fourth-order valence-corrected chi connectivity index (χ4v) is 2.08. The highest BCUT2D eigenvalue weighted by Gasteiger charge is 2.20. The number of rotatable bonds is 2. The van der Waals surface area contributed by atoms with Crippen molar-refractivity contribution < 1.29 is 27.1 Å². The Kier molecular flexibility index (Phi) is 3.17. The molecule has 3 aromatic rings. The summed E-state index contributed by atoms with van der Waals surface area (Å²) in [4.78, 5) is 0. The summed E-state index contributed by atoms with van der Waals surface area (Å²) in [6.07, 6.45) is -1.54. The minimum absolute atomic E-state index is 0.0744. The number of aliphatic hydroxyl groups is 1. The number of furan rings is 1. The van der Waals surface area contributed by atoms with E-state index < -0.39 is 29.4 Å². The first-order valence-corrected chi connectivity index (χ1v) is 5.98. The van der Waals surface area contributed by atoms with Gasteiger partial charge in [0.25, 0.3) is 0 Å². The highest BCUT2D eigenvalue weighted by molar-refractivity contribution is 5.78. The lowest BCUT2D eigenvalue weighted by Crippen LogP contribution is -2.02. The number of para-hydroxylation sites is 1. The monoisotopic (exact) mass is 296 g/mol. The van der Waals surface area contributed by atoms with Crippen LogP contribution in [0, 0.1) is 23.3 Å². The van der Waals surface area contributed by atoms with E-state index in [0.29, 0.717) is 17.5 Å². The molecule has 0 fully saturated rings. The number of hydrogen-bond acceptors (Lipinski definition) is 2. The molecule has 0 aliphatic heterocycles. The molecule has 6 heteroatoms. The first kappa shape index (κ1) is 13.6. The molecule has 108 valence electrons. The first-order chi connectivity index (χ1) is 9.97. The molecule has 0 bridgehead atoms. The molecule has 1 aromatic heterocycles. The van der Waals surface area contributed by atoms with Gasteiger partial charge in [0.2, 0.25) is 0 Å². The predicted molar refractivity (Wildman–Crippen MR) is 66.5 cm³/mol. The van der Waals surface area contributed by atoms with Crippen molar-refractivity contribution in [3.63, 3.8) is 0 Å². The van der Waals surface area contributed by atoms with Gasteiger partial charge < -0.3 is 9.52 Å². The minimum Gasteiger partial charge on any atom is -0.455 e. The zero-order valence-corrected chi connectivity index (χ0v) is 10.4. The van der Waals surface area contributed by atoms with Crippen molar-refractivity contribution in [2.45, 2.75) is 6.10 Å². The lowest BCUT2D eigenvalue weighted by molar-refractivity contribution is 0.190. The van der Waals surface area contributed by atoms with Crippen molar-refractivity contribution in [1.82, 2.24) is 0 Å². The van der Waals surface area contributed by atoms with E-state index in [1.165, 1.54) is 18.2 Å². The largest absolute Gasteiger partial charge is 0.455 e. The molecule has 21 heavy (non-hydrogen) atoms. The van der Waals surface area contributed by atoms with Gasteiger partial charge in [-0.25, -0.2) is 17.6 Å². The molecular formula is C15H8F4O2. The van der Waals surface area contributed by atoms with Crippen molar-refractivity contribution in [2.24, 2.45) is 0 Å². The second kappa shape index (κ2) is 4.89. The van der Waals surface area contributed by atoms with E-state index in [-0.39, 0.29) is 16.9 Å². The van der Waals surface area contributed by atoms with Gasteiger partial charge in [-0.1, -0.05) is 12.1 Å². The topological polar surface area (TPSA) is 33.4 Å². The quantitative estimate of drug-likeness (QED) is 0.571. The van der Waals surface area contributed by atoms with Crippen LogP contribution >= 0.6 is 0 Å². The summed E-state index contributed by atoms with van der Waals surface area (Å²) in [5, 5.41) is 10.4.